The molecule has 0 spiro atoms. The van der Waals surface area contributed by atoms with Crippen molar-refractivity contribution in [1.29, 1.82) is 5.41 Å². The molecule has 4 heteroatoms. The summed E-state index contributed by atoms with van der Waals surface area (Å²) in [6.45, 7) is 0. The molecule has 3 nitrogen and oxygen atoms in total. The molecule has 1 heterocycles. The number of rotatable bonds is 1. The van der Waals surface area contributed by atoms with Crippen LogP contribution in [0.15, 0.2) is 16.7 Å². The number of nitrogens with one attached hydrogen (secondary N) is 1. The van der Waals surface area contributed by atoms with Gasteiger partial charge in [-0.15, -0.1) is 0 Å². The van der Waals surface area contributed by atoms with Gasteiger partial charge in [0.15, 0.2) is 0 Å². The Morgan fingerprint density at radius 2 is 2.30 bits per heavy atom. The van der Waals surface area contributed by atoms with E-state index in [-0.39, 0.29) is 0 Å². The average Bonchev–Trinajstić information content (AvgIpc) is 1.94. The lowest BCUT2D eigenvalue weighted by Gasteiger charge is -1.96. The van der Waals surface area contributed by atoms with Gasteiger partial charge in [-0.3, -0.25) is 0 Å². The monoisotopic (exact) mass is 199 g/mol. The summed E-state index contributed by atoms with van der Waals surface area (Å²) in [6.07, 6.45) is 1.13. The van der Waals surface area contributed by atoms with Gasteiger partial charge in [0.25, 0.3) is 0 Å². The van der Waals surface area contributed by atoms with Crippen LogP contribution in [0.25, 0.3) is 0 Å². The Kier molecular flexibility index (Phi) is 2.01. The van der Waals surface area contributed by atoms with E-state index in [4.69, 9.17) is 11.1 Å². The molecule has 0 fully saturated rings. The van der Waals surface area contributed by atoms with Crippen LogP contribution in [0.1, 0.15) is 5.69 Å². The number of nitrogens with zero attached hydrogens (tertiary/aromatic N) is 1. The molecule has 0 unspecified atom stereocenters. The molecule has 3 N–H and O–H groups in total. The lowest BCUT2D eigenvalue weighted by molar-refractivity contribution is 1.25. The Balaban J connectivity index is 3.21. The van der Waals surface area contributed by atoms with Gasteiger partial charge in [-0.05, 0) is 28.1 Å². The van der Waals surface area contributed by atoms with E-state index in [2.05, 4.69) is 20.9 Å². The molecule has 1 rings (SSSR count). The zero-order chi connectivity index (χ0) is 7.56. The highest BCUT2D eigenvalue weighted by atomic mass is 79.9. The first-order chi connectivity index (χ1) is 4.74. The molecule has 0 aromatic carbocycles. The largest absolute Gasteiger partial charge is 0.397 e. The third-order valence-electron chi connectivity index (χ3n) is 1.06. The van der Waals surface area contributed by atoms with Crippen molar-refractivity contribution in [1.82, 2.24) is 4.98 Å². The van der Waals surface area contributed by atoms with Gasteiger partial charge in [-0.2, -0.15) is 0 Å². The zero-order valence-corrected chi connectivity index (χ0v) is 6.72. The Hall–Kier alpha value is -0.900. The van der Waals surface area contributed by atoms with Crippen LogP contribution in [-0.4, -0.2) is 11.2 Å². The maximum Gasteiger partial charge on any atom is 0.107 e. The van der Waals surface area contributed by atoms with Gasteiger partial charge in [0.1, 0.15) is 10.3 Å². The van der Waals surface area contributed by atoms with Gasteiger partial charge in [0.05, 0.1) is 5.69 Å². The maximum absolute atomic E-state index is 6.89. The van der Waals surface area contributed by atoms with Crippen LogP contribution in [-0.2, 0) is 0 Å². The number of pyridine rings is 1. The summed E-state index contributed by atoms with van der Waals surface area (Å²) in [5.41, 5.74) is 6.49. The molecule has 52 valence electrons. The first-order valence-electron chi connectivity index (χ1n) is 2.66. The second kappa shape index (κ2) is 2.79. The van der Waals surface area contributed by atoms with E-state index in [1.165, 1.54) is 0 Å². The van der Waals surface area contributed by atoms with Crippen LogP contribution in [0, 0.1) is 5.41 Å². The Morgan fingerprint density at radius 1 is 1.60 bits per heavy atom. The van der Waals surface area contributed by atoms with E-state index in [0.717, 1.165) is 6.21 Å². The van der Waals surface area contributed by atoms with Crippen molar-refractivity contribution in [3.8, 4) is 0 Å². The highest BCUT2D eigenvalue weighted by Gasteiger charge is 1.95. The maximum atomic E-state index is 6.89. The number of nitrogen functional groups attached to an aromatic ring is 1. The van der Waals surface area contributed by atoms with Gasteiger partial charge < -0.3 is 11.1 Å². The topological polar surface area (TPSA) is 62.8 Å². The number of nitrogens with two attached hydrogens (primary N) is 1. The molecule has 0 saturated heterocycles. The van der Waals surface area contributed by atoms with Gasteiger partial charge >= 0.3 is 0 Å². The molecule has 0 aliphatic heterocycles. The number of hydrogen-bond donors (Lipinski definition) is 2. The normalized spacial score (nSPS) is 9.30. The van der Waals surface area contributed by atoms with Crippen molar-refractivity contribution in [2.45, 2.75) is 0 Å². The molecule has 0 atom stereocenters. The van der Waals surface area contributed by atoms with Crippen LogP contribution in [0.5, 0.6) is 0 Å². The summed E-state index contributed by atoms with van der Waals surface area (Å²) in [4.78, 5) is 3.94. The molecule has 0 saturated carbocycles. The number of aromatic nitrogens is 1. The summed E-state index contributed by atoms with van der Waals surface area (Å²) in [6, 6.07) is 3.44. The fourth-order valence-corrected chi connectivity index (χ4v) is 0.900. The fraction of sp³-hybridized carbons (Fsp3) is 0. The predicted molar refractivity (Wildman–Crippen MR) is 44.2 cm³/mol. The van der Waals surface area contributed by atoms with Gasteiger partial charge in [-0.25, -0.2) is 4.98 Å². The molecule has 0 bridgehead atoms. The summed E-state index contributed by atoms with van der Waals surface area (Å²) >= 11 is 3.17. The lowest BCUT2D eigenvalue weighted by atomic mass is 10.3. The van der Waals surface area contributed by atoms with Crippen molar-refractivity contribution in [3.63, 3.8) is 0 Å². The summed E-state index contributed by atoms with van der Waals surface area (Å²) < 4.78 is 0.695. The highest BCUT2D eigenvalue weighted by Crippen LogP contribution is 2.11. The minimum Gasteiger partial charge on any atom is -0.397 e. The Morgan fingerprint density at radius 3 is 2.80 bits per heavy atom. The second-order valence-electron chi connectivity index (χ2n) is 1.75. The van der Waals surface area contributed by atoms with E-state index in [9.17, 15) is 0 Å². The second-order valence-corrected chi connectivity index (χ2v) is 2.57. The van der Waals surface area contributed by atoms with Crippen LogP contribution in [0.2, 0.25) is 0 Å². The van der Waals surface area contributed by atoms with Crippen LogP contribution >= 0.6 is 15.9 Å². The number of hydrogen-bond acceptors (Lipinski definition) is 3. The number of halogens is 1. The Labute approximate surface area is 66.9 Å². The molecule has 1 aromatic rings. The molecule has 1 aromatic heterocycles. The van der Waals surface area contributed by atoms with E-state index >= 15 is 0 Å². The van der Waals surface area contributed by atoms with E-state index in [1.54, 1.807) is 12.1 Å². The van der Waals surface area contributed by atoms with Gasteiger partial charge in [0, 0.05) is 6.21 Å². The van der Waals surface area contributed by atoms with Crippen LogP contribution in [0.3, 0.4) is 0 Å². The standard InChI is InChI=1S/C6H6BrN3/c7-6-2-1-4(9)5(3-8)10-6/h1-3,8H,9H2. The van der Waals surface area contributed by atoms with Gasteiger partial charge in [0.2, 0.25) is 0 Å². The van der Waals surface area contributed by atoms with Crippen molar-refractivity contribution < 1.29 is 0 Å². The predicted octanol–water partition coefficient (Wildman–Crippen LogP) is 1.42. The van der Waals surface area contributed by atoms with Crippen LogP contribution < -0.4 is 5.73 Å². The molecule has 0 radical (unpaired) electrons. The summed E-state index contributed by atoms with van der Waals surface area (Å²) in [5.74, 6) is 0. The average molecular weight is 200 g/mol. The molecule has 0 aliphatic carbocycles. The first kappa shape index (κ1) is 7.21. The van der Waals surface area contributed by atoms with E-state index in [1.807, 2.05) is 0 Å². The third-order valence-corrected chi connectivity index (χ3v) is 1.50. The SMILES string of the molecule is N=Cc1nc(Br)ccc1N. The smallest absolute Gasteiger partial charge is 0.107 e. The summed E-state index contributed by atoms with van der Waals surface area (Å²) in [5, 5.41) is 6.89. The minimum absolute atomic E-state index is 0.495. The van der Waals surface area contributed by atoms with E-state index < -0.39 is 0 Å². The molecule has 0 aliphatic rings. The van der Waals surface area contributed by atoms with Crippen molar-refractivity contribution in [2.75, 3.05) is 5.73 Å². The lowest BCUT2D eigenvalue weighted by Crippen LogP contribution is -1.95. The molecule has 0 amide bonds. The van der Waals surface area contributed by atoms with E-state index in [0.29, 0.717) is 16.0 Å². The zero-order valence-electron chi connectivity index (χ0n) is 5.13. The minimum atomic E-state index is 0.495. The molecular formula is C6H6BrN3. The first-order valence-corrected chi connectivity index (χ1v) is 3.46. The van der Waals surface area contributed by atoms with Crippen molar-refractivity contribution in [2.24, 2.45) is 0 Å². The quantitative estimate of drug-likeness (QED) is 0.531. The number of anilines is 1. The fourth-order valence-electron chi connectivity index (χ4n) is 0.576. The molecule has 10 heavy (non-hydrogen) atoms. The third kappa shape index (κ3) is 1.33. The van der Waals surface area contributed by atoms with Gasteiger partial charge in [-0.1, -0.05) is 0 Å². The molecular weight excluding hydrogens is 194 g/mol. The highest BCUT2D eigenvalue weighted by molar-refractivity contribution is 9.10. The van der Waals surface area contributed by atoms with Crippen molar-refractivity contribution in [3.05, 3.63) is 22.4 Å². The summed E-state index contributed by atoms with van der Waals surface area (Å²) in [7, 11) is 0. The van der Waals surface area contributed by atoms with Crippen LogP contribution in [0.4, 0.5) is 5.69 Å². The van der Waals surface area contributed by atoms with Crippen molar-refractivity contribution >= 4 is 27.8 Å². The Bertz CT molecular complexity index is 259.